The predicted molar refractivity (Wildman–Crippen MR) is 82.4 cm³/mol. The van der Waals surface area contributed by atoms with Crippen molar-refractivity contribution in [3.05, 3.63) is 0 Å². The number of sulfone groups is 1. The molecule has 0 aliphatic carbocycles. The van der Waals surface area contributed by atoms with Crippen molar-refractivity contribution in [3.8, 4) is 0 Å². The van der Waals surface area contributed by atoms with Crippen LogP contribution in [0.25, 0.3) is 0 Å². The van der Waals surface area contributed by atoms with Crippen molar-refractivity contribution >= 4 is 15.8 Å². The molecule has 0 aromatic heterocycles. The molecule has 0 atom stereocenters. The molecule has 5 nitrogen and oxygen atoms in total. The molecule has 0 aromatic rings. The van der Waals surface area contributed by atoms with E-state index in [0.717, 1.165) is 24.8 Å². The summed E-state index contributed by atoms with van der Waals surface area (Å²) in [6, 6.07) is 0. The van der Waals surface area contributed by atoms with Crippen LogP contribution in [0.15, 0.2) is 4.99 Å². The first-order valence-corrected chi connectivity index (χ1v) is 9.03. The van der Waals surface area contributed by atoms with Gasteiger partial charge in [0.25, 0.3) is 0 Å². The summed E-state index contributed by atoms with van der Waals surface area (Å²) in [6.07, 6.45) is 5.46. The largest absolute Gasteiger partial charge is 0.356 e. The van der Waals surface area contributed by atoms with Gasteiger partial charge in [0.1, 0.15) is 9.84 Å². The standard InChI is InChI=1S/C13H29N3O2S/c1-12(2)8-5-6-9-15-13(14-3)16-10-7-11-19(4,17)18/h12H,5-11H2,1-4H3,(H2,14,15,16). The summed E-state index contributed by atoms with van der Waals surface area (Å²) in [7, 11) is -1.14. The van der Waals surface area contributed by atoms with Crippen LogP contribution in [0.2, 0.25) is 0 Å². The predicted octanol–water partition coefficient (Wildman–Crippen LogP) is 1.41. The zero-order valence-electron chi connectivity index (χ0n) is 12.7. The molecule has 0 radical (unpaired) electrons. The van der Waals surface area contributed by atoms with Crippen LogP contribution in [0.3, 0.4) is 0 Å². The molecule has 0 aliphatic rings. The maximum absolute atomic E-state index is 11.0. The van der Waals surface area contributed by atoms with Crippen molar-refractivity contribution in [2.45, 2.75) is 39.5 Å². The number of rotatable bonds is 9. The number of hydrogen-bond acceptors (Lipinski definition) is 3. The van der Waals surface area contributed by atoms with Crippen LogP contribution in [0.5, 0.6) is 0 Å². The zero-order chi connectivity index (χ0) is 14.7. The minimum absolute atomic E-state index is 0.214. The number of aliphatic imine (C=N–C) groups is 1. The van der Waals surface area contributed by atoms with E-state index >= 15 is 0 Å². The van der Waals surface area contributed by atoms with Crippen molar-refractivity contribution in [3.63, 3.8) is 0 Å². The lowest BCUT2D eigenvalue weighted by Crippen LogP contribution is -2.38. The molecule has 0 aliphatic heterocycles. The van der Waals surface area contributed by atoms with Crippen molar-refractivity contribution in [2.75, 3.05) is 32.1 Å². The van der Waals surface area contributed by atoms with Crippen LogP contribution in [-0.2, 0) is 9.84 Å². The highest BCUT2D eigenvalue weighted by atomic mass is 32.2. The molecule has 6 heteroatoms. The Kier molecular flexibility index (Phi) is 9.65. The Labute approximate surface area is 118 Å². The Bertz CT molecular complexity index is 351. The summed E-state index contributed by atoms with van der Waals surface area (Å²) in [6.45, 7) is 5.99. The third kappa shape index (κ3) is 13.5. The van der Waals surface area contributed by atoms with Gasteiger partial charge in [-0.3, -0.25) is 4.99 Å². The number of unbranched alkanes of at least 4 members (excludes halogenated alkanes) is 1. The highest BCUT2D eigenvalue weighted by Gasteiger charge is 2.02. The summed E-state index contributed by atoms with van der Waals surface area (Å²) in [5, 5.41) is 6.35. The van der Waals surface area contributed by atoms with E-state index in [1.807, 2.05) is 0 Å². The summed E-state index contributed by atoms with van der Waals surface area (Å²) in [5.41, 5.74) is 0. The fourth-order valence-corrected chi connectivity index (χ4v) is 2.31. The van der Waals surface area contributed by atoms with Crippen LogP contribution in [0.4, 0.5) is 0 Å². The zero-order valence-corrected chi connectivity index (χ0v) is 13.5. The maximum Gasteiger partial charge on any atom is 0.190 e. The van der Waals surface area contributed by atoms with E-state index in [9.17, 15) is 8.42 Å². The third-order valence-electron chi connectivity index (χ3n) is 2.71. The molecule has 0 unspecified atom stereocenters. The highest BCUT2D eigenvalue weighted by molar-refractivity contribution is 7.90. The molecule has 19 heavy (non-hydrogen) atoms. The molecule has 0 bridgehead atoms. The van der Waals surface area contributed by atoms with Crippen LogP contribution >= 0.6 is 0 Å². The first-order valence-electron chi connectivity index (χ1n) is 6.97. The quantitative estimate of drug-likeness (QED) is 0.383. The first kappa shape index (κ1) is 18.2. The number of guanidine groups is 1. The van der Waals surface area contributed by atoms with Gasteiger partial charge in [-0.2, -0.15) is 0 Å². The Morgan fingerprint density at radius 2 is 1.68 bits per heavy atom. The molecule has 2 N–H and O–H groups in total. The Morgan fingerprint density at radius 1 is 1.11 bits per heavy atom. The second-order valence-corrected chi connectivity index (χ2v) is 7.56. The molecule has 0 heterocycles. The molecule has 114 valence electrons. The average Bonchev–Trinajstić information content (AvgIpc) is 2.29. The first-order chi connectivity index (χ1) is 8.85. The van der Waals surface area contributed by atoms with Crippen LogP contribution in [0.1, 0.15) is 39.5 Å². The number of nitrogens with zero attached hydrogens (tertiary/aromatic N) is 1. The van der Waals surface area contributed by atoms with Crippen molar-refractivity contribution in [1.29, 1.82) is 0 Å². The molecular formula is C13H29N3O2S. The molecule has 0 fully saturated rings. The lowest BCUT2D eigenvalue weighted by atomic mass is 10.1. The summed E-state index contributed by atoms with van der Waals surface area (Å²) in [4.78, 5) is 4.10. The van der Waals surface area contributed by atoms with Crippen molar-refractivity contribution in [1.82, 2.24) is 10.6 Å². The van der Waals surface area contributed by atoms with Gasteiger partial charge in [-0.15, -0.1) is 0 Å². The van der Waals surface area contributed by atoms with Gasteiger partial charge in [-0.05, 0) is 18.8 Å². The van der Waals surface area contributed by atoms with E-state index in [0.29, 0.717) is 13.0 Å². The Balaban J connectivity index is 3.62. The van der Waals surface area contributed by atoms with E-state index < -0.39 is 9.84 Å². The Morgan fingerprint density at radius 3 is 2.16 bits per heavy atom. The topological polar surface area (TPSA) is 70.6 Å². The molecule has 0 saturated heterocycles. The molecule has 0 amide bonds. The number of nitrogens with one attached hydrogen (secondary N) is 2. The van der Waals surface area contributed by atoms with Gasteiger partial charge >= 0.3 is 0 Å². The van der Waals surface area contributed by atoms with Crippen LogP contribution in [0, 0.1) is 5.92 Å². The van der Waals surface area contributed by atoms with E-state index in [1.165, 1.54) is 19.1 Å². The summed E-state index contributed by atoms with van der Waals surface area (Å²) in [5.74, 6) is 1.72. The minimum Gasteiger partial charge on any atom is -0.356 e. The highest BCUT2D eigenvalue weighted by Crippen LogP contribution is 2.04. The lowest BCUT2D eigenvalue weighted by Gasteiger charge is -2.11. The monoisotopic (exact) mass is 291 g/mol. The third-order valence-corrected chi connectivity index (χ3v) is 3.74. The fraction of sp³-hybridized carbons (Fsp3) is 0.923. The molecule has 0 saturated carbocycles. The van der Waals surface area contributed by atoms with Crippen molar-refractivity contribution < 1.29 is 8.42 Å². The van der Waals surface area contributed by atoms with Crippen molar-refractivity contribution in [2.24, 2.45) is 10.9 Å². The smallest absolute Gasteiger partial charge is 0.190 e. The number of hydrogen-bond donors (Lipinski definition) is 2. The summed E-state index contributed by atoms with van der Waals surface area (Å²) < 4.78 is 21.9. The fourth-order valence-electron chi connectivity index (χ4n) is 1.65. The van der Waals surface area contributed by atoms with E-state index in [1.54, 1.807) is 7.05 Å². The van der Waals surface area contributed by atoms with Gasteiger partial charge in [0.2, 0.25) is 0 Å². The maximum atomic E-state index is 11.0. The molecule has 0 spiro atoms. The van der Waals surface area contributed by atoms with E-state index in [4.69, 9.17) is 0 Å². The normalized spacial score (nSPS) is 12.8. The van der Waals surface area contributed by atoms with Gasteiger partial charge < -0.3 is 10.6 Å². The van der Waals surface area contributed by atoms with E-state index in [2.05, 4.69) is 29.5 Å². The molecular weight excluding hydrogens is 262 g/mol. The second-order valence-electron chi connectivity index (χ2n) is 5.30. The average molecular weight is 291 g/mol. The summed E-state index contributed by atoms with van der Waals surface area (Å²) >= 11 is 0. The minimum atomic E-state index is -2.86. The van der Waals surface area contributed by atoms with Crippen LogP contribution in [-0.4, -0.2) is 46.5 Å². The molecule has 0 aromatic carbocycles. The second kappa shape index (κ2) is 10.1. The SMILES string of the molecule is CN=C(NCCCCC(C)C)NCCCS(C)(=O)=O. The van der Waals surface area contributed by atoms with Crippen LogP contribution < -0.4 is 10.6 Å². The lowest BCUT2D eigenvalue weighted by molar-refractivity contribution is 0.534. The van der Waals surface area contributed by atoms with E-state index in [-0.39, 0.29) is 5.75 Å². The van der Waals surface area contributed by atoms with Gasteiger partial charge in [-0.1, -0.05) is 26.7 Å². The molecule has 0 rings (SSSR count). The Hall–Kier alpha value is -0.780. The van der Waals surface area contributed by atoms with Gasteiger partial charge in [-0.25, -0.2) is 8.42 Å². The van der Waals surface area contributed by atoms with Gasteiger partial charge in [0.05, 0.1) is 5.75 Å². The van der Waals surface area contributed by atoms with Gasteiger partial charge in [0.15, 0.2) is 5.96 Å². The van der Waals surface area contributed by atoms with Gasteiger partial charge in [0, 0.05) is 26.4 Å².